The van der Waals surface area contributed by atoms with Gasteiger partial charge < -0.3 is 53.0 Å². The quantitative estimate of drug-likeness (QED) is 0.0694. The molecule has 1 N–H and O–H groups in total. The summed E-state index contributed by atoms with van der Waals surface area (Å²) in [5.74, 6) is 23.6. The third kappa shape index (κ3) is 21.0. The Morgan fingerprint density at radius 1 is 0.359 bits per heavy atom. The number of hydrogen-bond acceptors (Lipinski definition) is 24. The molecule has 0 aliphatic rings. The Balaban J connectivity index is 0.000000183. The first-order valence-corrected chi connectivity index (χ1v) is 35.4. The summed E-state index contributed by atoms with van der Waals surface area (Å²) in [6.07, 6.45) is 18.0. The Bertz CT molecular complexity index is 5910. The second-order valence-corrected chi connectivity index (χ2v) is 25.1. The third-order valence-electron chi connectivity index (χ3n) is 17.6. The minimum atomic E-state index is -0.135. The first-order chi connectivity index (χ1) is 55.7. The Kier molecular flexibility index (Phi) is 28.5. The van der Waals surface area contributed by atoms with E-state index in [0.29, 0.717) is 82.8 Å². The van der Waals surface area contributed by atoms with Gasteiger partial charge in [0.05, 0.1) is 169 Å². The van der Waals surface area contributed by atoms with Crippen LogP contribution in [0, 0.1) is 46.9 Å². The molecule has 27 nitrogen and oxygen atoms in total. The molecule has 0 aliphatic heterocycles. The number of nitriles is 1. The first kappa shape index (κ1) is 84.0. The van der Waals surface area contributed by atoms with Gasteiger partial charge in [-0.15, -0.1) is 0 Å². The number of hydrogen-bond donors (Lipinski definition) is 1. The van der Waals surface area contributed by atoms with Crippen molar-refractivity contribution in [3.63, 3.8) is 0 Å². The second-order valence-electron chi connectivity index (χ2n) is 25.1. The SMILES string of the molecule is C.C.C.COc1cc(OC)cc(N(CC#Cc2cccc(C#N)n2)c2ccc3ncc(-c4cnn(C)c4)nc3c2)c1.COc1cc(OC)cc(N(CC#Cc2cccc(CO)n2)c2ccc3ncc(-c4cnn(C)c4)nc3c2)c1.COc1cc(OC)cc(N(CC#Cc2ccnc(OC)c2)c2ccc3ncc(-c4cnn(C)c4)nc3c2)c1. The van der Waals surface area contributed by atoms with E-state index in [1.165, 1.54) is 0 Å². The van der Waals surface area contributed by atoms with Crippen LogP contribution >= 0.6 is 0 Å². The van der Waals surface area contributed by atoms with Crippen LogP contribution < -0.4 is 47.9 Å². The van der Waals surface area contributed by atoms with Gasteiger partial charge in [0.25, 0.3) is 0 Å². The van der Waals surface area contributed by atoms with Gasteiger partial charge in [-0.1, -0.05) is 58.1 Å². The van der Waals surface area contributed by atoms with E-state index >= 15 is 0 Å². The van der Waals surface area contributed by atoms with Crippen LogP contribution in [0.3, 0.4) is 0 Å². The average molecular weight is 1560 g/mol. The van der Waals surface area contributed by atoms with Gasteiger partial charge in [-0.05, 0) is 96.8 Å². The number of fused-ring (bicyclic) bond motifs is 3. The van der Waals surface area contributed by atoms with Crippen molar-refractivity contribution in [3.8, 4) is 116 Å². The molecule has 9 heterocycles. The maximum Gasteiger partial charge on any atom is 0.214 e. The lowest BCUT2D eigenvalue weighted by Gasteiger charge is -2.24. The molecule has 590 valence electrons. The van der Waals surface area contributed by atoms with E-state index in [1.54, 1.807) is 138 Å². The molecule has 0 amide bonds. The topological polar surface area (TPSA) is 288 Å². The van der Waals surface area contributed by atoms with Gasteiger partial charge in [0.2, 0.25) is 5.88 Å². The molecule has 15 rings (SSSR count). The van der Waals surface area contributed by atoms with E-state index in [9.17, 15) is 5.11 Å². The molecule has 0 spiro atoms. The lowest BCUT2D eigenvalue weighted by molar-refractivity contribution is 0.277. The maximum atomic E-state index is 9.39. The summed E-state index contributed by atoms with van der Waals surface area (Å²) in [7, 11) is 16.9. The largest absolute Gasteiger partial charge is 0.497 e. The fourth-order valence-corrected chi connectivity index (χ4v) is 11.9. The van der Waals surface area contributed by atoms with E-state index < -0.39 is 0 Å². The summed E-state index contributed by atoms with van der Waals surface area (Å²) in [5, 5.41) is 31.3. The third-order valence-corrected chi connectivity index (χ3v) is 17.6. The second kappa shape index (κ2) is 39.6. The molecular formula is C90H87N19O8. The van der Waals surface area contributed by atoms with E-state index in [0.717, 1.165) is 107 Å². The van der Waals surface area contributed by atoms with Crippen LogP contribution in [0.15, 0.2) is 220 Å². The lowest BCUT2D eigenvalue weighted by atomic mass is 10.2. The summed E-state index contributed by atoms with van der Waals surface area (Å²) in [6.45, 7) is 0.936. The molecule has 0 bridgehead atoms. The molecule has 15 aromatic rings. The van der Waals surface area contributed by atoms with E-state index in [4.69, 9.17) is 53.4 Å². The predicted octanol–water partition coefficient (Wildman–Crippen LogP) is 15.2. The minimum Gasteiger partial charge on any atom is -0.497 e. The van der Waals surface area contributed by atoms with Crippen LogP contribution in [-0.4, -0.2) is 149 Å². The Morgan fingerprint density at radius 2 is 0.718 bits per heavy atom. The molecular weight excluding hydrogens is 1480 g/mol. The fraction of sp³-hybridized carbons (Fsp3) is 0.189. The number of benzene rings is 6. The zero-order valence-corrected chi connectivity index (χ0v) is 63.9. The number of aliphatic hydroxyl groups is 1. The zero-order valence-electron chi connectivity index (χ0n) is 63.9. The van der Waals surface area contributed by atoms with Crippen LogP contribution in [0.1, 0.15) is 50.6 Å². The molecule has 0 aliphatic carbocycles. The molecule has 0 atom stereocenters. The maximum absolute atomic E-state index is 9.39. The molecule has 0 saturated carbocycles. The van der Waals surface area contributed by atoms with Crippen molar-refractivity contribution in [2.75, 3.05) is 84.1 Å². The van der Waals surface area contributed by atoms with Crippen LogP contribution in [0.2, 0.25) is 0 Å². The van der Waals surface area contributed by atoms with Crippen molar-refractivity contribution in [1.29, 1.82) is 5.26 Å². The van der Waals surface area contributed by atoms with Gasteiger partial charge >= 0.3 is 0 Å². The van der Waals surface area contributed by atoms with Gasteiger partial charge in [-0.25, -0.2) is 29.9 Å². The van der Waals surface area contributed by atoms with Crippen LogP contribution in [-0.2, 0) is 27.7 Å². The van der Waals surface area contributed by atoms with Crippen molar-refractivity contribution < 1.29 is 38.3 Å². The van der Waals surface area contributed by atoms with Crippen molar-refractivity contribution >= 4 is 67.2 Å². The molecule has 27 heteroatoms. The zero-order chi connectivity index (χ0) is 79.5. The summed E-state index contributed by atoms with van der Waals surface area (Å²) in [6, 6.07) is 51.1. The number of aryl methyl sites for hydroxylation is 3. The van der Waals surface area contributed by atoms with Crippen LogP contribution in [0.5, 0.6) is 40.4 Å². The summed E-state index contributed by atoms with van der Waals surface area (Å²) in [4.78, 5) is 47.3. The number of anilines is 6. The van der Waals surface area contributed by atoms with Crippen molar-refractivity contribution in [2.45, 2.75) is 28.9 Å². The molecule has 0 saturated heterocycles. The standard InChI is InChI=1S/C29H23N7O2.2C29H26N6O3.3CH4/c1-35-19-20(17-32-35)29-18-31-27-10-9-23(14-28(27)34-29)36(24-12-25(37-2)15-26(13-24)38-3)11-5-8-21-6-4-7-22(16-30)33-21;1-34-19-21(17-32-34)28-18-31-26-8-7-22(15-27(26)33-28)35(23-13-24(36-2)16-25(14-23)37-3)11-5-6-20-9-10-30-29(12-20)38-4;1-34-18-20(16-31-34)29-17-30-27-10-9-23(14-28(27)33-29)35(24-12-25(37-2)15-26(13-24)38-3)11-5-8-21-6-4-7-22(19-36)32-21;;;/h4,6-7,9-10,12-15,17-19H,11H2,1-3H3;7-10,12-19H,11H2,1-4H3;4,6-7,9-10,12-18,36H,11,19H2,1-3H3;3*1H4. The van der Waals surface area contributed by atoms with Crippen molar-refractivity contribution in [1.82, 2.24) is 74.2 Å². The van der Waals surface area contributed by atoms with Gasteiger partial charge in [0.15, 0.2) is 0 Å². The van der Waals surface area contributed by atoms with E-state index in [1.807, 2.05) is 183 Å². The lowest BCUT2D eigenvalue weighted by Crippen LogP contribution is -2.17. The van der Waals surface area contributed by atoms with Gasteiger partial charge in [-0.3, -0.25) is 29.0 Å². The number of methoxy groups -OCH3 is 7. The Hall–Kier alpha value is -15.5. The summed E-state index contributed by atoms with van der Waals surface area (Å²) in [5.41, 5.74) is 17.5. The Labute approximate surface area is 679 Å². The van der Waals surface area contributed by atoms with Gasteiger partial charge in [0.1, 0.15) is 57.6 Å². The van der Waals surface area contributed by atoms with Crippen molar-refractivity contribution in [2.24, 2.45) is 21.1 Å². The number of aliphatic hydroxyl groups excluding tert-OH is 1. The molecule has 6 aromatic carbocycles. The highest BCUT2D eigenvalue weighted by Gasteiger charge is 2.19. The molecule has 117 heavy (non-hydrogen) atoms. The number of rotatable bonds is 20. The molecule has 0 radical (unpaired) electrons. The average Bonchev–Trinajstić information content (AvgIpc) is 1.69. The number of aromatic nitrogens is 15. The highest BCUT2D eigenvalue weighted by atomic mass is 16.5. The Morgan fingerprint density at radius 3 is 1.06 bits per heavy atom. The predicted molar refractivity (Wildman–Crippen MR) is 456 cm³/mol. The smallest absolute Gasteiger partial charge is 0.214 e. The van der Waals surface area contributed by atoms with Crippen LogP contribution in [0.4, 0.5) is 34.1 Å². The molecule has 0 unspecified atom stereocenters. The summed E-state index contributed by atoms with van der Waals surface area (Å²) < 4.78 is 43.5. The normalized spacial score (nSPS) is 10.2. The van der Waals surface area contributed by atoms with Gasteiger partial charge in [0, 0.05) is 163 Å². The number of ether oxygens (including phenoxy) is 7. The summed E-state index contributed by atoms with van der Waals surface area (Å²) >= 11 is 0. The highest BCUT2D eigenvalue weighted by molar-refractivity contribution is 5.86. The number of nitrogens with zero attached hydrogens (tertiary/aromatic N) is 19. The highest BCUT2D eigenvalue weighted by Crippen LogP contribution is 2.38. The monoisotopic (exact) mass is 1560 g/mol. The first-order valence-electron chi connectivity index (χ1n) is 35.4. The molecule has 0 fully saturated rings. The van der Waals surface area contributed by atoms with Crippen molar-refractivity contribution in [3.05, 3.63) is 248 Å². The van der Waals surface area contributed by atoms with Crippen LogP contribution in [0.25, 0.3) is 66.9 Å². The minimum absolute atomic E-state index is 0. The van der Waals surface area contributed by atoms with E-state index in [-0.39, 0.29) is 28.9 Å². The fourth-order valence-electron chi connectivity index (χ4n) is 11.9. The number of pyridine rings is 3. The van der Waals surface area contributed by atoms with Gasteiger partial charge in [-0.2, -0.15) is 20.6 Å². The van der Waals surface area contributed by atoms with E-state index in [2.05, 4.69) is 85.6 Å². The molecule has 9 aromatic heterocycles.